The first-order chi connectivity index (χ1) is 11.6. The van der Waals surface area contributed by atoms with Crippen molar-refractivity contribution in [2.45, 2.75) is 12.5 Å². The maximum absolute atomic E-state index is 12.3. The fraction of sp³-hybridized carbons (Fsp3) is 0.278. The number of nitrogens with one attached hydrogen (secondary N) is 1. The Morgan fingerprint density at radius 2 is 2.21 bits per heavy atom. The van der Waals surface area contributed by atoms with Gasteiger partial charge >= 0.3 is 0 Å². The third-order valence-corrected chi connectivity index (χ3v) is 4.66. The Kier molecular flexibility index (Phi) is 5.06. The molecule has 1 amide bonds. The summed E-state index contributed by atoms with van der Waals surface area (Å²) in [4.78, 5) is 12.3. The number of methoxy groups -OCH3 is 1. The van der Waals surface area contributed by atoms with Gasteiger partial charge < -0.3 is 19.9 Å². The molecule has 1 unspecified atom stereocenters. The molecule has 5 nitrogen and oxygen atoms in total. The van der Waals surface area contributed by atoms with Crippen LogP contribution in [0.25, 0.3) is 0 Å². The summed E-state index contributed by atoms with van der Waals surface area (Å²) in [6, 6.07) is 10.8. The van der Waals surface area contributed by atoms with Crippen LogP contribution in [0.4, 0.5) is 0 Å². The van der Waals surface area contributed by atoms with Crippen molar-refractivity contribution < 1.29 is 19.4 Å². The molecule has 0 aliphatic carbocycles. The van der Waals surface area contributed by atoms with Gasteiger partial charge in [-0.2, -0.15) is 0 Å². The molecule has 126 valence electrons. The third kappa shape index (κ3) is 3.55. The van der Waals surface area contributed by atoms with E-state index in [-0.39, 0.29) is 12.5 Å². The summed E-state index contributed by atoms with van der Waals surface area (Å²) in [5.41, 5.74) is 2.32. The fourth-order valence-corrected chi connectivity index (χ4v) is 3.05. The Bertz CT molecular complexity index is 763. The molecule has 6 heteroatoms. The van der Waals surface area contributed by atoms with Gasteiger partial charge in [0.05, 0.1) is 25.4 Å². The van der Waals surface area contributed by atoms with Gasteiger partial charge in [0.2, 0.25) is 0 Å². The Hall–Kier alpha value is -2.05. The molecule has 2 aromatic carbocycles. The van der Waals surface area contributed by atoms with Gasteiger partial charge in [-0.1, -0.05) is 6.07 Å². The summed E-state index contributed by atoms with van der Waals surface area (Å²) in [6.45, 7) is 0.803. The van der Waals surface area contributed by atoms with E-state index >= 15 is 0 Å². The highest BCUT2D eigenvalue weighted by Gasteiger charge is 2.17. The number of aliphatic hydroxyl groups excluding tert-OH is 1. The Balaban J connectivity index is 1.65. The summed E-state index contributed by atoms with van der Waals surface area (Å²) in [6.07, 6.45) is 0.0724. The topological polar surface area (TPSA) is 67.8 Å². The van der Waals surface area contributed by atoms with Crippen molar-refractivity contribution >= 4 is 21.8 Å². The molecule has 3 rings (SSSR count). The van der Waals surface area contributed by atoms with Gasteiger partial charge in [0.1, 0.15) is 11.5 Å². The molecule has 0 spiro atoms. The maximum Gasteiger partial charge on any atom is 0.252 e. The van der Waals surface area contributed by atoms with Gasteiger partial charge in [-0.15, -0.1) is 0 Å². The number of benzene rings is 2. The van der Waals surface area contributed by atoms with Gasteiger partial charge in [-0.3, -0.25) is 4.79 Å². The second kappa shape index (κ2) is 7.23. The van der Waals surface area contributed by atoms with Crippen LogP contribution in [0.1, 0.15) is 27.6 Å². The number of aliphatic hydroxyl groups is 1. The minimum absolute atomic E-state index is 0.127. The summed E-state index contributed by atoms with van der Waals surface area (Å²) in [5, 5.41) is 13.1. The molecule has 1 atom stereocenters. The first-order valence-electron chi connectivity index (χ1n) is 7.64. The maximum atomic E-state index is 12.3. The molecule has 0 fully saturated rings. The number of carbonyl (C=O) groups is 1. The van der Waals surface area contributed by atoms with Crippen molar-refractivity contribution in [3.05, 3.63) is 57.6 Å². The molecule has 24 heavy (non-hydrogen) atoms. The standard InChI is InChI=1S/C18H18BrNO4/c1-23-13-3-4-15(19)14(9-13)18(22)20-10-16(21)11-2-5-17-12(8-11)6-7-24-17/h2-5,8-9,16,21H,6-7,10H2,1H3,(H,20,22). The molecule has 0 bridgehead atoms. The van der Waals surface area contributed by atoms with E-state index in [1.807, 2.05) is 18.2 Å². The number of fused-ring (bicyclic) bond motifs is 1. The summed E-state index contributed by atoms with van der Waals surface area (Å²) in [7, 11) is 1.55. The zero-order valence-corrected chi connectivity index (χ0v) is 14.8. The quantitative estimate of drug-likeness (QED) is 0.821. The van der Waals surface area contributed by atoms with E-state index in [1.54, 1.807) is 25.3 Å². The van der Waals surface area contributed by atoms with Crippen molar-refractivity contribution in [1.82, 2.24) is 5.32 Å². The summed E-state index contributed by atoms with van der Waals surface area (Å²) >= 11 is 3.35. The normalized spacial score (nSPS) is 13.8. The van der Waals surface area contributed by atoms with Gasteiger partial charge in [-0.25, -0.2) is 0 Å². The van der Waals surface area contributed by atoms with Gasteiger partial charge in [0.15, 0.2) is 0 Å². The molecule has 2 aromatic rings. The predicted molar refractivity (Wildman–Crippen MR) is 93.6 cm³/mol. The molecule has 0 saturated carbocycles. The van der Waals surface area contributed by atoms with Crippen LogP contribution in [0.3, 0.4) is 0 Å². The molecule has 1 aliphatic heterocycles. The lowest BCUT2D eigenvalue weighted by atomic mass is 10.0. The van der Waals surface area contributed by atoms with E-state index in [0.717, 1.165) is 23.3 Å². The van der Waals surface area contributed by atoms with E-state index in [1.165, 1.54) is 0 Å². The number of amides is 1. The van der Waals surface area contributed by atoms with Crippen LogP contribution < -0.4 is 14.8 Å². The molecular formula is C18H18BrNO4. The van der Waals surface area contributed by atoms with Crippen molar-refractivity contribution in [1.29, 1.82) is 0 Å². The molecule has 0 saturated heterocycles. The molecule has 0 radical (unpaired) electrons. The van der Waals surface area contributed by atoms with Crippen LogP contribution >= 0.6 is 15.9 Å². The first-order valence-corrected chi connectivity index (χ1v) is 8.43. The Morgan fingerprint density at radius 1 is 1.38 bits per heavy atom. The van der Waals surface area contributed by atoms with Gasteiger partial charge in [0.25, 0.3) is 5.91 Å². The fourth-order valence-electron chi connectivity index (χ4n) is 2.62. The minimum Gasteiger partial charge on any atom is -0.497 e. The number of hydrogen-bond acceptors (Lipinski definition) is 4. The number of hydrogen-bond donors (Lipinski definition) is 2. The highest BCUT2D eigenvalue weighted by atomic mass is 79.9. The highest BCUT2D eigenvalue weighted by molar-refractivity contribution is 9.10. The lowest BCUT2D eigenvalue weighted by molar-refractivity contribution is 0.0915. The summed E-state index contributed by atoms with van der Waals surface area (Å²) < 4.78 is 11.3. The van der Waals surface area contributed by atoms with Crippen molar-refractivity contribution in [2.24, 2.45) is 0 Å². The highest BCUT2D eigenvalue weighted by Crippen LogP contribution is 2.28. The zero-order chi connectivity index (χ0) is 17.1. The average Bonchev–Trinajstić information content (AvgIpc) is 3.07. The van der Waals surface area contributed by atoms with E-state index in [9.17, 15) is 9.90 Å². The average molecular weight is 392 g/mol. The van der Waals surface area contributed by atoms with Crippen LogP contribution in [0.5, 0.6) is 11.5 Å². The number of rotatable bonds is 5. The molecule has 0 aromatic heterocycles. The Morgan fingerprint density at radius 3 is 3.00 bits per heavy atom. The molecule has 1 aliphatic rings. The minimum atomic E-state index is -0.774. The van der Waals surface area contributed by atoms with Crippen molar-refractivity contribution in [2.75, 3.05) is 20.3 Å². The van der Waals surface area contributed by atoms with Crippen LogP contribution in [-0.2, 0) is 6.42 Å². The smallest absolute Gasteiger partial charge is 0.252 e. The number of carbonyl (C=O) groups excluding carboxylic acids is 1. The lowest BCUT2D eigenvalue weighted by Crippen LogP contribution is -2.28. The second-order valence-electron chi connectivity index (χ2n) is 5.54. The van der Waals surface area contributed by atoms with Crippen LogP contribution in [-0.4, -0.2) is 31.3 Å². The van der Waals surface area contributed by atoms with E-state index < -0.39 is 6.10 Å². The number of halogens is 1. The summed E-state index contributed by atoms with van der Waals surface area (Å²) in [5.74, 6) is 1.20. The molecule has 2 N–H and O–H groups in total. The monoisotopic (exact) mass is 391 g/mol. The second-order valence-corrected chi connectivity index (χ2v) is 6.39. The Labute approximate surface area is 148 Å². The van der Waals surface area contributed by atoms with E-state index in [0.29, 0.717) is 22.4 Å². The van der Waals surface area contributed by atoms with E-state index in [2.05, 4.69) is 21.2 Å². The van der Waals surface area contributed by atoms with Gasteiger partial charge in [0, 0.05) is 17.4 Å². The molecule has 1 heterocycles. The van der Waals surface area contributed by atoms with Gasteiger partial charge in [-0.05, 0) is 57.4 Å². The van der Waals surface area contributed by atoms with Crippen molar-refractivity contribution in [3.63, 3.8) is 0 Å². The van der Waals surface area contributed by atoms with E-state index in [4.69, 9.17) is 9.47 Å². The van der Waals surface area contributed by atoms with Crippen molar-refractivity contribution in [3.8, 4) is 11.5 Å². The zero-order valence-electron chi connectivity index (χ0n) is 13.2. The van der Waals surface area contributed by atoms with Crippen LogP contribution in [0.15, 0.2) is 40.9 Å². The largest absolute Gasteiger partial charge is 0.497 e. The predicted octanol–water partition coefficient (Wildman–Crippen LogP) is 2.86. The molecular weight excluding hydrogens is 374 g/mol. The SMILES string of the molecule is COc1ccc(Br)c(C(=O)NCC(O)c2ccc3c(c2)CCO3)c1. The number of ether oxygens (including phenoxy) is 2. The van der Waals surface area contributed by atoms with Crippen LogP contribution in [0.2, 0.25) is 0 Å². The lowest BCUT2D eigenvalue weighted by Gasteiger charge is -2.14. The third-order valence-electron chi connectivity index (χ3n) is 3.97. The van der Waals surface area contributed by atoms with Crippen LogP contribution in [0, 0.1) is 0 Å². The first kappa shape index (κ1) is 16.8.